The molecule has 0 bridgehead atoms. The molecule has 0 saturated heterocycles. The first kappa shape index (κ1) is 14.3. The second-order valence-electron chi connectivity index (χ2n) is 6.08. The fraction of sp³-hybridized carbons (Fsp3) is 0.733. The van der Waals surface area contributed by atoms with Gasteiger partial charge in [0, 0.05) is 17.9 Å². The van der Waals surface area contributed by atoms with Gasteiger partial charge in [-0.25, -0.2) is 9.97 Å². The lowest BCUT2D eigenvalue weighted by Crippen LogP contribution is -2.47. The van der Waals surface area contributed by atoms with Gasteiger partial charge in [-0.15, -0.1) is 0 Å². The van der Waals surface area contributed by atoms with Gasteiger partial charge in [-0.05, 0) is 31.7 Å². The van der Waals surface area contributed by atoms with Crippen molar-refractivity contribution in [1.29, 1.82) is 0 Å². The standard InChI is InChI=1S/C15H26N4/c1-11(2)13-9-12(3)17-14(18-13)19-15(10-16)7-5-4-6-8-15/h9,11H,4-8,10,16H2,1-3H3,(H,17,18,19). The average Bonchev–Trinajstić information content (AvgIpc) is 2.39. The molecule has 1 saturated carbocycles. The highest BCUT2D eigenvalue weighted by molar-refractivity contribution is 5.33. The average molecular weight is 262 g/mol. The van der Waals surface area contributed by atoms with Crippen molar-refractivity contribution < 1.29 is 0 Å². The molecule has 0 aromatic carbocycles. The van der Waals surface area contributed by atoms with Crippen LogP contribution in [0.5, 0.6) is 0 Å². The molecule has 0 amide bonds. The van der Waals surface area contributed by atoms with Crippen LogP contribution in [0.15, 0.2) is 6.07 Å². The quantitative estimate of drug-likeness (QED) is 0.875. The number of rotatable bonds is 4. The van der Waals surface area contributed by atoms with Crippen LogP contribution >= 0.6 is 0 Å². The van der Waals surface area contributed by atoms with E-state index < -0.39 is 0 Å². The molecule has 4 heteroatoms. The van der Waals surface area contributed by atoms with Crippen molar-refractivity contribution >= 4 is 5.95 Å². The summed E-state index contributed by atoms with van der Waals surface area (Å²) in [6, 6.07) is 2.06. The van der Waals surface area contributed by atoms with E-state index in [1.165, 1.54) is 19.3 Å². The molecule has 0 spiro atoms. The van der Waals surface area contributed by atoms with Gasteiger partial charge in [-0.3, -0.25) is 0 Å². The van der Waals surface area contributed by atoms with Crippen LogP contribution in [0, 0.1) is 6.92 Å². The molecular formula is C15H26N4. The van der Waals surface area contributed by atoms with Crippen molar-refractivity contribution in [2.45, 2.75) is 64.3 Å². The van der Waals surface area contributed by atoms with Crippen molar-refractivity contribution in [2.24, 2.45) is 5.73 Å². The minimum absolute atomic E-state index is 0.000291. The molecule has 19 heavy (non-hydrogen) atoms. The summed E-state index contributed by atoms with van der Waals surface area (Å²) in [5, 5.41) is 3.53. The summed E-state index contributed by atoms with van der Waals surface area (Å²) in [5.41, 5.74) is 8.12. The van der Waals surface area contributed by atoms with Crippen LogP contribution in [0.25, 0.3) is 0 Å². The van der Waals surface area contributed by atoms with Gasteiger partial charge in [0.15, 0.2) is 0 Å². The lowest BCUT2D eigenvalue weighted by molar-refractivity contribution is 0.329. The van der Waals surface area contributed by atoms with Crippen molar-refractivity contribution in [3.63, 3.8) is 0 Å². The van der Waals surface area contributed by atoms with Crippen LogP contribution in [-0.4, -0.2) is 22.1 Å². The van der Waals surface area contributed by atoms with Crippen molar-refractivity contribution in [2.75, 3.05) is 11.9 Å². The molecule has 2 rings (SSSR count). The van der Waals surface area contributed by atoms with E-state index in [9.17, 15) is 0 Å². The summed E-state index contributed by atoms with van der Waals surface area (Å²) in [6.45, 7) is 6.99. The maximum absolute atomic E-state index is 6.00. The third-order valence-electron chi connectivity index (χ3n) is 4.04. The lowest BCUT2D eigenvalue weighted by atomic mass is 9.82. The first-order valence-electron chi connectivity index (χ1n) is 7.38. The largest absolute Gasteiger partial charge is 0.347 e. The Kier molecular flexibility index (Phi) is 4.40. The van der Waals surface area contributed by atoms with E-state index in [1.54, 1.807) is 0 Å². The number of nitrogens with two attached hydrogens (primary N) is 1. The highest BCUT2D eigenvalue weighted by Crippen LogP contribution is 2.30. The first-order chi connectivity index (χ1) is 9.04. The first-order valence-corrected chi connectivity index (χ1v) is 7.38. The van der Waals surface area contributed by atoms with Gasteiger partial charge < -0.3 is 11.1 Å². The van der Waals surface area contributed by atoms with Gasteiger partial charge in [0.25, 0.3) is 0 Å². The van der Waals surface area contributed by atoms with Gasteiger partial charge >= 0.3 is 0 Å². The molecule has 0 aliphatic heterocycles. The second kappa shape index (κ2) is 5.87. The second-order valence-corrected chi connectivity index (χ2v) is 6.08. The SMILES string of the molecule is Cc1cc(C(C)C)nc(NC2(CN)CCCCC2)n1. The third kappa shape index (κ3) is 3.44. The molecule has 3 N–H and O–H groups in total. The summed E-state index contributed by atoms with van der Waals surface area (Å²) in [4.78, 5) is 9.17. The lowest BCUT2D eigenvalue weighted by Gasteiger charge is -2.37. The Bertz CT molecular complexity index is 422. The van der Waals surface area contributed by atoms with Gasteiger partial charge in [0.05, 0.1) is 5.54 Å². The van der Waals surface area contributed by atoms with Crippen LogP contribution < -0.4 is 11.1 Å². The molecular weight excluding hydrogens is 236 g/mol. The number of nitrogens with one attached hydrogen (secondary N) is 1. The molecule has 0 atom stereocenters. The van der Waals surface area contributed by atoms with Crippen LogP contribution in [0.1, 0.15) is 63.3 Å². The zero-order valence-electron chi connectivity index (χ0n) is 12.4. The van der Waals surface area contributed by atoms with Gasteiger partial charge in [0.2, 0.25) is 5.95 Å². The Morgan fingerprint density at radius 2 is 1.95 bits per heavy atom. The monoisotopic (exact) mass is 262 g/mol. The molecule has 0 radical (unpaired) electrons. The Morgan fingerprint density at radius 1 is 1.26 bits per heavy atom. The van der Waals surface area contributed by atoms with Crippen molar-refractivity contribution in [3.8, 4) is 0 Å². The van der Waals surface area contributed by atoms with Crippen LogP contribution in [0.3, 0.4) is 0 Å². The summed E-state index contributed by atoms with van der Waals surface area (Å²) >= 11 is 0. The highest BCUT2D eigenvalue weighted by atomic mass is 15.2. The number of hydrogen-bond donors (Lipinski definition) is 2. The highest BCUT2D eigenvalue weighted by Gasteiger charge is 2.31. The number of anilines is 1. The summed E-state index contributed by atoms with van der Waals surface area (Å²) in [6.07, 6.45) is 6.05. The Balaban J connectivity index is 2.21. The minimum Gasteiger partial charge on any atom is -0.347 e. The number of aromatic nitrogens is 2. The summed E-state index contributed by atoms with van der Waals surface area (Å²) in [5.74, 6) is 1.17. The molecule has 4 nitrogen and oxygen atoms in total. The summed E-state index contributed by atoms with van der Waals surface area (Å²) in [7, 11) is 0. The minimum atomic E-state index is 0.000291. The van der Waals surface area contributed by atoms with E-state index in [1.807, 2.05) is 6.92 Å². The van der Waals surface area contributed by atoms with E-state index in [0.29, 0.717) is 12.5 Å². The predicted molar refractivity (Wildman–Crippen MR) is 79.4 cm³/mol. The van der Waals surface area contributed by atoms with E-state index >= 15 is 0 Å². The number of nitrogens with zero attached hydrogens (tertiary/aromatic N) is 2. The molecule has 0 unspecified atom stereocenters. The molecule has 1 aliphatic rings. The Labute approximate surface area is 116 Å². The van der Waals surface area contributed by atoms with Crippen LogP contribution in [0.2, 0.25) is 0 Å². The van der Waals surface area contributed by atoms with Crippen LogP contribution in [-0.2, 0) is 0 Å². The van der Waals surface area contributed by atoms with Gasteiger partial charge in [-0.1, -0.05) is 33.1 Å². The van der Waals surface area contributed by atoms with Gasteiger partial charge in [-0.2, -0.15) is 0 Å². The smallest absolute Gasteiger partial charge is 0.223 e. The maximum Gasteiger partial charge on any atom is 0.223 e. The topological polar surface area (TPSA) is 63.8 Å². The van der Waals surface area contributed by atoms with Crippen molar-refractivity contribution in [1.82, 2.24) is 9.97 Å². The molecule has 106 valence electrons. The van der Waals surface area contributed by atoms with E-state index in [2.05, 4.69) is 35.2 Å². The number of hydrogen-bond acceptors (Lipinski definition) is 4. The molecule has 1 aliphatic carbocycles. The van der Waals surface area contributed by atoms with E-state index in [-0.39, 0.29) is 5.54 Å². The molecule has 1 aromatic rings. The fourth-order valence-corrected chi connectivity index (χ4v) is 2.79. The Hall–Kier alpha value is -1.16. The molecule has 1 fully saturated rings. The Morgan fingerprint density at radius 3 is 2.53 bits per heavy atom. The molecule has 1 heterocycles. The van der Waals surface area contributed by atoms with Crippen LogP contribution in [0.4, 0.5) is 5.95 Å². The zero-order valence-corrected chi connectivity index (χ0v) is 12.4. The van der Waals surface area contributed by atoms with E-state index in [4.69, 9.17) is 5.73 Å². The third-order valence-corrected chi connectivity index (χ3v) is 4.04. The predicted octanol–water partition coefficient (Wildman–Crippen LogP) is 2.98. The summed E-state index contributed by atoms with van der Waals surface area (Å²) < 4.78 is 0. The maximum atomic E-state index is 6.00. The number of aryl methyl sites for hydroxylation is 1. The van der Waals surface area contributed by atoms with Gasteiger partial charge in [0.1, 0.15) is 0 Å². The normalized spacial score (nSPS) is 18.6. The fourth-order valence-electron chi connectivity index (χ4n) is 2.79. The molecule has 1 aromatic heterocycles. The zero-order chi connectivity index (χ0) is 13.9. The van der Waals surface area contributed by atoms with Crippen molar-refractivity contribution in [3.05, 3.63) is 17.5 Å². The van der Waals surface area contributed by atoms with E-state index in [0.717, 1.165) is 30.2 Å².